The van der Waals surface area contributed by atoms with Gasteiger partial charge < -0.3 is 5.11 Å². The van der Waals surface area contributed by atoms with Gasteiger partial charge in [-0.1, -0.05) is 40.5 Å². The van der Waals surface area contributed by atoms with E-state index >= 15 is 0 Å². The highest BCUT2D eigenvalue weighted by Crippen LogP contribution is 2.27. The quantitative estimate of drug-likeness (QED) is 0.739. The second kappa shape index (κ2) is 6.75. The number of hydrogen-bond donors (Lipinski definition) is 1. The number of nitrogens with zero attached hydrogens (tertiary/aromatic N) is 1. The maximum Gasteiger partial charge on any atom is 0.0494 e. The molecule has 0 aliphatic heterocycles. The van der Waals surface area contributed by atoms with E-state index in [1.165, 1.54) is 38.6 Å². The van der Waals surface area contributed by atoms with Crippen LogP contribution >= 0.6 is 0 Å². The lowest BCUT2D eigenvalue weighted by molar-refractivity contribution is 0.0763. The van der Waals surface area contributed by atoms with Gasteiger partial charge in [0.25, 0.3) is 0 Å². The van der Waals surface area contributed by atoms with Crippen molar-refractivity contribution in [2.75, 3.05) is 19.7 Å². The zero-order valence-corrected chi connectivity index (χ0v) is 12.2. The molecule has 0 atom stereocenters. The minimum atomic E-state index is 0.0412. The average molecular weight is 241 g/mol. The highest BCUT2D eigenvalue weighted by atomic mass is 16.3. The second-order valence-electron chi connectivity index (χ2n) is 6.91. The molecule has 1 fully saturated rings. The van der Waals surface area contributed by atoms with Crippen molar-refractivity contribution in [1.29, 1.82) is 0 Å². The predicted octanol–water partition coefficient (Wildman–Crippen LogP) is 3.30. The summed E-state index contributed by atoms with van der Waals surface area (Å²) in [6.07, 6.45) is 6.78. The van der Waals surface area contributed by atoms with Crippen LogP contribution in [0.15, 0.2) is 0 Å². The molecular weight excluding hydrogens is 210 g/mol. The Morgan fingerprint density at radius 1 is 1.24 bits per heavy atom. The summed E-state index contributed by atoms with van der Waals surface area (Å²) in [7, 11) is 0. The highest BCUT2D eigenvalue weighted by Gasteiger charge is 2.27. The molecule has 2 nitrogen and oxygen atoms in total. The Labute approximate surface area is 107 Å². The van der Waals surface area contributed by atoms with Gasteiger partial charge in [-0.25, -0.2) is 0 Å². The molecule has 0 unspecified atom stereocenters. The van der Waals surface area contributed by atoms with Crippen molar-refractivity contribution in [1.82, 2.24) is 4.90 Å². The maximum atomic E-state index is 9.44. The molecule has 1 N–H and O–H groups in total. The van der Waals surface area contributed by atoms with Gasteiger partial charge in [-0.3, -0.25) is 4.90 Å². The minimum Gasteiger partial charge on any atom is -0.396 e. The third kappa shape index (κ3) is 5.39. The largest absolute Gasteiger partial charge is 0.396 e. The normalized spacial score (nSPS) is 18.5. The zero-order chi connectivity index (χ0) is 12.9. The zero-order valence-electron chi connectivity index (χ0n) is 12.2. The van der Waals surface area contributed by atoms with Crippen molar-refractivity contribution in [2.24, 2.45) is 11.3 Å². The Morgan fingerprint density at radius 3 is 2.29 bits per heavy atom. The molecule has 0 heterocycles. The van der Waals surface area contributed by atoms with E-state index in [4.69, 9.17) is 0 Å². The van der Waals surface area contributed by atoms with Crippen molar-refractivity contribution in [3.63, 3.8) is 0 Å². The van der Waals surface area contributed by atoms with Gasteiger partial charge in [-0.2, -0.15) is 0 Å². The van der Waals surface area contributed by atoms with Crippen LogP contribution in [0.3, 0.4) is 0 Å². The summed E-state index contributed by atoms with van der Waals surface area (Å²) in [5.41, 5.74) is 0.0412. The fraction of sp³-hybridized carbons (Fsp3) is 1.00. The molecule has 0 spiro atoms. The SMILES string of the molecule is CC(C)CCN(CC(C)(C)CO)C1CCCC1. The van der Waals surface area contributed by atoms with E-state index in [9.17, 15) is 5.11 Å². The maximum absolute atomic E-state index is 9.44. The number of aliphatic hydroxyl groups is 1. The summed E-state index contributed by atoms with van der Waals surface area (Å²) in [5.74, 6) is 0.774. The molecule has 1 rings (SSSR count). The Hall–Kier alpha value is -0.0800. The van der Waals surface area contributed by atoms with Crippen molar-refractivity contribution in [3.8, 4) is 0 Å². The van der Waals surface area contributed by atoms with Crippen LogP contribution in [0.2, 0.25) is 0 Å². The predicted molar refractivity (Wildman–Crippen MR) is 74.2 cm³/mol. The summed E-state index contributed by atoms with van der Waals surface area (Å²) < 4.78 is 0. The molecule has 0 aromatic carbocycles. The van der Waals surface area contributed by atoms with Crippen LogP contribution in [0, 0.1) is 11.3 Å². The fourth-order valence-electron chi connectivity index (χ4n) is 2.68. The minimum absolute atomic E-state index is 0.0412. The van der Waals surface area contributed by atoms with Crippen LogP contribution in [0.1, 0.15) is 59.8 Å². The monoisotopic (exact) mass is 241 g/mol. The molecular formula is C15H31NO. The molecule has 0 aromatic heterocycles. The second-order valence-corrected chi connectivity index (χ2v) is 6.91. The third-order valence-corrected chi connectivity index (χ3v) is 3.89. The summed E-state index contributed by atoms with van der Waals surface area (Å²) in [6, 6.07) is 0.777. The molecule has 2 heteroatoms. The van der Waals surface area contributed by atoms with E-state index in [2.05, 4.69) is 32.6 Å². The molecule has 102 valence electrons. The van der Waals surface area contributed by atoms with E-state index in [0.29, 0.717) is 0 Å². The highest BCUT2D eigenvalue weighted by molar-refractivity contribution is 4.82. The van der Waals surface area contributed by atoms with Gasteiger partial charge in [-0.05, 0) is 31.7 Å². The first-order valence-corrected chi connectivity index (χ1v) is 7.29. The van der Waals surface area contributed by atoms with E-state index in [1.807, 2.05) is 0 Å². The van der Waals surface area contributed by atoms with E-state index in [1.54, 1.807) is 0 Å². The van der Waals surface area contributed by atoms with Crippen molar-refractivity contribution in [3.05, 3.63) is 0 Å². The molecule has 0 saturated heterocycles. The lowest BCUT2D eigenvalue weighted by atomic mass is 9.92. The molecule has 1 saturated carbocycles. The van der Waals surface area contributed by atoms with Gasteiger partial charge >= 0.3 is 0 Å². The van der Waals surface area contributed by atoms with Gasteiger partial charge in [0, 0.05) is 24.6 Å². The topological polar surface area (TPSA) is 23.5 Å². The van der Waals surface area contributed by atoms with Crippen molar-refractivity contribution in [2.45, 2.75) is 65.8 Å². The van der Waals surface area contributed by atoms with Crippen LogP contribution in [0.4, 0.5) is 0 Å². The van der Waals surface area contributed by atoms with Crippen LogP contribution in [-0.4, -0.2) is 35.7 Å². The summed E-state index contributed by atoms with van der Waals surface area (Å²) in [6.45, 7) is 11.5. The molecule has 17 heavy (non-hydrogen) atoms. The molecule has 1 aliphatic carbocycles. The lowest BCUT2D eigenvalue weighted by Crippen LogP contribution is -2.42. The van der Waals surface area contributed by atoms with E-state index < -0.39 is 0 Å². The van der Waals surface area contributed by atoms with E-state index in [0.717, 1.165) is 18.5 Å². The van der Waals surface area contributed by atoms with Crippen LogP contribution in [0.25, 0.3) is 0 Å². The van der Waals surface area contributed by atoms with Crippen molar-refractivity contribution < 1.29 is 5.11 Å². The molecule has 1 aliphatic rings. The first kappa shape index (κ1) is 15.0. The van der Waals surface area contributed by atoms with E-state index in [-0.39, 0.29) is 12.0 Å². The van der Waals surface area contributed by atoms with Gasteiger partial charge in [0.05, 0.1) is 0 Å². The molecule has 0 radical (unpaired) electrons. The fourth-order valence-corrected chi connectivity index (χ4v) is 2.68. The summed E-state index contributed by atoms with van der Waals surface area (Å²) >= 11 is 0. The van der Waals surface area contributed by atoms with Gasteiger partial charge in [-0.15, -0.1) is 0 Å². The first-order chi connectivity index (χ1) is 7.94. The van der Waals surface area contributed by atoms with Crippen LogP contribution < -0.4 is 0 Å². The Morgan fingerprint density at radius 2 is 1.82 bits per heavy atom. The summed E-state index contributed by atoms with van der Waals surface area (Å²) in [4.78, 5) is 2.64. The number of hydrogen-bond acceptors (Lipinski definition) is 2. The summed E-state index contributed by atoms with van der Waals surface area (Å²) in [5, 5.41) is 9.44. The van der Waals surface area contributed by atoms with Crippen LogP contribution in [-0.2, 0) is 0 Å². The van der Waals surface area contributed by atoms with Crippen molar-refractivity contribution >= 4 is 0 Å². The Bertz CT molecular complexity index is 207. The smallest absolute Gasteiger partial charge is 0.0494 e. The Kier molecular flexibility index (Phi) is 5.94. The third-order valence-electron chi connectivity index (χ3n) is 3.89. The number of aliphatic hydroxyl groups excluding tert-OH is 1. The standard InChI is InChI=1S/C15H31NO/c1-13(2)9-10-16(11-15(3,4)12-17)14-7-5-6-8-14/h13-14,17H,5-12H2,1-4H3. The molecule has 0 amide bonds. The van der Waals surface area contributed by atoms with Gasteiger partial charge in [0.2, 0.25) is 0 Å². The van der Waals surface area contributed by atoms with Crippen LogP contribution in [0.5, 0.6) is 0 Å². The van der Waals surface area contributed by atoms with Gasteiger partial charge in [0.1, 0.15) is 0 Å². The number of rotatable bonds is 7. The van der Waals surface area contributed by atoms with Gasteiger partial charge in [0.15, 0.2) is 0 Å². The molecule has 0 aromatic rings. The Balaban J connectivity index is 2.51. The average Bonchev–Trinajstić information content (AvgIpc) is 2.77. The lowest BCUT2D eigenvalue weighted by Gasteiger charge is -2.36. The first-order valence-electron chi connectivity index (χ1n) is 7.29. The molecule has 0 bridgehead atoms.